The number of hydrogen-bond acceptors (Lipinski definition) is 3. The Labute approximate surface area is 136 Å². The third-order valence-corrected chi connectivity index (χ3v) is 6.20. The van der Waals surface area contributed by atoms with Crippen molar-refractivity contribution in [3.63, 3.8) is 0 Å². The fourth-order valence-corrected chi connectivity index (χ4v) is 3.54. The molecule has 5 nitrogen and oxygen atoms in total. The molecule has 0 aromatic heterocycles. The first-order valence-corrected chi connectivity index (χ1v) is 10.4. The average molecular weight is 332 g/mol. The summed E-state index contributed by atoms with van der Waals surface area (Å²) in [6.07, 6.45) is 4.86. The maximum Gasteiger partial charge on any atom is 0.191 e. The Morgan fingerprint density at radius 3 is 2.32 bits per heavy atom. The van der Waals surface area contributed by atoms with Crippen LogP contribution in [0.4, 0.5) is 0 Å². The molecule has 6 heteroatoms. The van der Waals surface area contributed by atoms with E-state index in [1.165, 1.54) is 25.7 Å². The minimum atomic E-state index is -2.94. The molecule has 0 spiro atoms. The predicted molar refractivity (Wildman–Crippen MR) is 94.0 cm³/mol. The lowest BCUT2D eigenvalue weighted by atomic mass is 9.80. The molecule has 0 aliphatic heterocycles. The molecule has 1 aliphatic rings. The highest BCUT2D eigenvalue weighted by Gasteiger charge is 2.23. The Kier molecular flexibility index (Phi) is 8.21. The zero-order chi connectivity index (χ0) is 16.6. The average Bonchev–Trinajstić information content (AvgIpc) is 2.48. The van der Waals surface area contributed by atoms with E-state index in [2.05, 4.69) is 29.5 Å². The van der Waals surface area contributed by atoms with Gasteiger partial charge >= 0.3 is 0 Å². The van der Waals surface area contributed by atoms with E-state index in [4.69, 9.17) is 0 Å². The van der Waals surface area contributed by atoms with Crippen molar-refractivity contribution in [3.05, 3.63) is 0 Å². The van der Waals surface area contributed by atoms with E-state index < -0.39 is 9.84 Å². The van der Waals surface area contributed by atoms with Crippen LogP contribution in [0, 0.1) is 11.8 Å². The predicted octanol–water partition coefficient (Wildman–Crippen LogP) is 2.19. The maximum absolute atomic E-state index is 11.5. The number of rotatable bonds is 7. The number of nitrogens with zero attached hydrogens (tertiary/aromatic N) is 1. The number of aliphatic imine (C=N–C) groups is 1. The molecule has 1 aliphatic carbocycles. The summed E-state index contributed by atoms with van der Waals surface area (Å²) in [7, 11) is -2.94. The van der Waals surface area contributed by atoms with Gasteiger partial charge in [-0.15, -0.1) is 0 Å². The highest BCUT2D eigenvalue weighted by Crippen LogP contribution is 2.29. The van der Waals surface area contributed by atoms with Gasteiger partial charge in [0.15, 0.2) is 15.8 Å². The van der Waals surface area contributed by atoms with Crippen molar-refractivity contribution in [2.45, 2.75) is 59.4 Å². The first kappa shape index (κ1) is 19.3. The quantitative estimate of drug-likeness (QED) is 0.554. The fourth-order valence-electron chi connectivity index (χ4n) is 2.88. The third kappa shape index (κ3) is 6.99. The molecule has 1 saturated carbocycles. The summed E-state index contributed by atoms with van der Waals surface area (Å²) in [6.45, 7) is 9.42. The smallest absolute Gasteiger partial charge is 0.191 e. The van der Waals surface area contributed by atoms with Crippen molar-refractivity contribution in [3.8, 4) is 0 Å². The Balaban J connectivity index is 2.47. The van der Waals surface area contributed by atoms with E-state index in [-0.39, 0.29) is 11.5 Å². The zero-order valence-electron chi connectivity index (χ0n) is 14.6. The van der Waals surface area contributed by atoms with Crippen molar-refractivity contribution in [1.82, 2.24) is 10.6 Å². The molecule has 130 valence electrons. The first-order valence-electron chi connectivity index (χ1n) is 8.63. The van der Waals surface area contributed by atoms with E-state index in [0.717, 1.165) is 24.3 Å². The Morgan fingerprint density at radius 2 is 1.82 bits per heavy atom. The fraction of sp³-hybridized carbons (Fsp3) is 0.938. The molecule has 0 atom stereocenters. The topological polar surface area (TPSA) is 70.6 Å². The van der Waals surface area contributed by atoms with Gasteiger partial charge in [-0.25, -0.2) is 8.42 Å². The zero-order valence-corrected chi connectivity index (χ0v) is 15.4. The third-order valence-electron chi connectivity index (χ3n) is 4.51. The molecular formula is C16H33N3O2S. The molecule has 1 fully saturated rings. The second-order valence-corrected chi connectivity index (χ2v) is 8.97. The molecule has 0 bridgehead atoms. The van der Waals surface area contributed by atoms with Crippen LogP contribution < -0.4 is 10.6 Å². The van der Waals surface area contributed by atoms with Crippen LogP contribution in [-0.4, -0.2) is 45.0 Å². The van der Waals surface area contributed by atoms with Crippen molar-refractivity contribution in [1.29, 1.82) is 0 Å². The molecule has 0 radical (unpaired) electrons. The summed E-state index contributed by atoms with van der Waals surface area (Å²) >= 11 is 0. The number of nitrogens with one attached hydrogen (secondary N) is 2. The largest absolute Gasteiger partial charge is 0.357 e. The van der Waals surface area contributed by atoms with E-state index in [1.54, 1.807) is 6.92 Å². The van der Waals surface area contributed by atoms with Crippen LogP contribution in [0.5, 0.6) is 0 Å². The van der Waals surface area contributed by atoms with E-state index in [0.29, 0.717) is 12.6 Å². The van der Waals surface area contributed by atoms with Crippen molar-refractivity contribution in [2.24, 2.45) is 16.8 Å². The van der Waals surface area contributed by atoms with Gasteiger partial charge in [-0.2, -0.15) is 0 Å². The van der Waals surface area contributed by atoms with Crippen LogP contribution >= 0.6 is 0 Å². The minimum absolute atomic E-state index is 0.125. The van der Waals surface area contributed by atoms with Gasteiger partial charge in [-0.3, -0.25) is 4.99 Å². The second-order valence-electron chi connectivity index (χ2n) is 6.50. The van der Waals surface area contributed by atoms with E-state index in [9.17, 15) is 8.42 Å². The van der Waals surface area contributed by atoms with Gasteiger partial charge in [0, 0.05) is 18.3 Å². The summed E-state index contributed by atoms with van der Waals surface area (Å²) in [5.41, 5.74) is 0. The number of sulfone groups is 1. The molecule has 0 amide bonds. The summed E-state index contributed by atoms with van der Waals surface area (Å²) in [4.78, 5) is 4.41. The maximum atomic E-state index is 11.5. The molecular weight excluding hydrogens is 298 g/mol. The van der Waals surface area contributed by atoms with Crippen LogP contribution in [0.1, 0.15) is 53.4 Å². The molecule has 22 heavy (non-hydrogen) atoms. The summed E-state index contributed by atoms with van der Waals surface area (Å²) in [5.74, 6) is 2.67. The van der Waals surface area contributed by atoms with Crippen LogP contribution in [0.25, 0.3) is 0 Å². The monoisotopic (exact) mass is 331 g/mol. The van der Waals surface area contributed by atoms with Gasteiger partial charge < -0.3 is 10.6 Å². The lowest BCUT2D eigenvalue weighted by Gasteiger charge is -2.32. The normalized spacial score (nSPS) is 23.6. The van der Waals surface area contributed by atoms with Gasteiger partial charge in [0.05, 0.1) is 12.3 Å². The Hall–Kier alpha value is -0.780. The van der Waals surface area contributed by atoms with Crippen LogP contribution in [-0.2, 0) is 9.84 Å². The Bertz CT molecular complexity index is 438. The van der Waals surface area contributed by atoms with Crippen molar-refractivity contribution < 1.29 is 8.42 Å². The first-order chi connectivity index (χ1) is 10.4. The van der Waals surface area contributed by atoms with Crippen molar-refractivity contribution >= 4 is 15.8 Å². The van der Waals surface area contributed by atoms with Gasteiger partial charge in [-0.05, 0) is 44.4 Å². The van der Waals surface area contributed by atoms with Crippen LogP contribution in [0.15, 0.2) is 4.99 Å². The molecule has 0 unspecified atom stereocenters. The summed E-state index contributed by atoms with van der Waals surface area (Å²) < 4.78 is 23.0. The molecule has 0 heterocycles. The lowest BCUT2D eigenvalue weighted by molar-refractivity contribution is 0.250. The van der Waals surface area contributed by atoms with Gasteiger partial charge in [-0.1, -0.05) is 20.8 Å². The van der Waals surface area contributed by atoms with Crippen molar-refractivity contribution in [2.75, 3.05) is 24.6 Å². The second kappa shape index (κ2) is 9.38. The van der Waals surface area contributed by atoms with Crippen LogP contribution in [0.3, 0.4) is 0 Å². The number of hydrogen-bond donors (Lipinski definition) is 2. The van der Waals surface area contributed by atoms with Gasteiger partial charge in [0.25, 0.3) is 0 Å². The Morgan fingerprint density at radius 1 is 1.18 bits per heavy atom. The molecule has 0 aromatic carbocycles. The molecule has 2 N–H and O–H groups in total. The van der Waals surface area contributed by atoms with E-state index >= 15 is 0 Å². The highest BCUT2D eigenvalue weighted by atomic mass is 32.2. The summed E-state index contributed by atoms with van der Waals surface area (Å²) in [6, 6.07) is 0.454. The number of guanidine groups is 1. The van der Waals surface area contributed by atoms with E-state index in [1.807, 2.05) is 6.92 Å². The lowest BCUT2D eigenvalue weighted by Crippen LogP contribution is -2.45. The standard InChI is InChI=1S/C16H33N3O2S/c1-5-17-16(18-11-12-22(20,21)6-2)19-15-9-7-14(8-10-15)13(3)4/h13-15H,5-12H2,1-4H3,(H2,17,18,19). The van der Waals surface area contributed by atoms with Gasteiger partial charge in [0.1, 0.15) is 0 Å². The van der Waals surface area contributed by atoms with Crippen LogP contribution in [0.2, 0.25) is 0 Å². The molecule has 0 aromatic rings. The highest BCUT2D eigenvalue weighted by molar-refractivity contribution is 7.91. The minimum Gasteiger partial charge on any atom is -0.357 e. The molecule has 1 rings (SSSR count). The molecule has 0 saturated heterocycles. The summed E-state index contributed by atoms with van der Waals surface area (Å²) in [5, 5.41) is 6.68. The SMILES string of the molecule is CCNC(=NCCS(=O)(=O)CC)NC1CCC(C(C)C)CC1. The van der Waals surface area contributed by atoms with Gasteiger partial charge in [0.2, 0.25) is 0 Å².